The third kappa shape index (κ3) is 4.06. The number of nitrogens with one attached hydrogen (secondary N) is 1. The van der Waals surface area contributed by atoms with Gasteiger partial charge in [-0.15, -0.1) is 0 Å². The number of nitro benzene ring substituents is 1. The SMILES string of the molecule is O=C(N[C@H](c1ccccc1)c1c(O)ccc2ccccc12)c1ccc(Cl)c([N+](=O)[O-])c1. The Balaban J connectivity index is 1.82. The fourth-order valence-electron chi connectivity index (χ4n) is 3.56. The van der Waals surface area contributed by atoms with Gasteiger partial charge in [0.1, 0.15) is 10.8 Å². The monoisotopic (exact) mass is 432 g/mol. The number of hydrogen-bond acceptors (Lipinski definition) is 4. The Morgan fingerprint density at radius 3 is 2.42 bits per heavy atom. The Morgan fingerprint density at radius 1 is 0.968 bits per heavy atom. The molecule has 0 aliphatic carbocycles. The van der Waals surface area contributed by atoms with Crippen LogP contribution >= 0.6 is 11.6 Å². The van der Waals surface area contributed by atoms with Gasteiger partial charge in [-0.3, -0.25) is 14.9 Å². The fraction of sp³-hybridized carbons (Fsp3) is 0.0417. The molecule has 4 rings (SSSR count). The molecule has 0 bridgehead atoms. The summed E-state index contributed by atoms with van der Waals surface area (Å²) in [5.74, 6) is -0.490. The van der Waals surface area contributed by atoms with E-state index in [1.807, 2.05) is 54.6 Å². The van der Waals surface area contributed by atoms with E-state index in [9.17, 15) is 20.0 Å². The van der Waals surface area contributed by atoms with Gasteiger partial charge in [-0.2, -0.15) is 0 Å². The van der Waals surface area contributed by atoms with Crippen LogP contribution in [-0.2, 0) is 0 Å². The number of hydrogen-bond donors (Lipinski definition) is 2. The number of carbonyl (C=O) groups is 1. The van der Waals surface area contributed by atoms with Crippen molar-refractivity contribution in [3.63, 3.8) is 0 Å². The molecule has 0 radical (unpaired) electrons. The van der Waals surface area contributed by atoms with Gasteiger partial charge in [0.2, 0.25) is 0 Å². The van der Waals surface area contributed by atoms with Crippen LogP contribution in [0.4, 0.5) is 5.69 Å². The molecule has 0 unspecified atom stereocenters. The summed E-state index contributed by atoms with van der Waals surface area (Å²) in [5, 5.41) is 26.5. The Labute approximate surface area is 182 Å². The quantitative estimate of drug-likeness (QED) is 0.316. The average molecular weight is 433 g/mol. The lowest BCUT2D eigenvalue weighted by Crippen LogP contribution is -2.29. The Hall–Kier alpha value is -3.90. The van der Waals surface area contributed by atoms with Crippen LogP contribution in [0.25, 0.3) is 10.8 Å². The molecular formula is C24H17ClN2O4. The van der Waals surface area contributed by atoms with Gasteiger partial charge in [0.15, 0.2) is 0 Å². The van der Waals surface area contributed by atoms with Crippen LogP contribution < -0.4 is 5.32 Å². The molecule has 1 atom stereocenters. The predicted octanol–water partition coefficient (Wildman–Crippen LogP) is 5.63. The van der Waals surface area contributed by atoms with Gasteiger partial charge >= 0.3 is 0 Å². The highest BCUT2D eigenvalue weighted by Crippen LogP contribution is 2.36. The van der Waals surface area contributed by atoms with Gasteiger partial charge in [0.25, 0.3) is 11.6 Å². The Kier molecular flexibility index (Phi) is 5.56. The van der Waals surface area contributed by atoms with Crippen LogP contribution in [0.15, 0.2) is 84.9 Å². The molecule has 0 spiro atoms. The standard InChI is InChI=1S/C24H17ClN2O4/c25-19-12-10-17(14-20(19)27(30)31)24(29)26-23(16-7-2-1-3-8-16)22-18-9-5-4-6-15(18)11-13-21(22)28/h1-14,23,28H,(H,26,29)/t23-/m1/s1. The fourth-order valence-corrected chi connectivity index (χ4v) is 3.75. The number of rotatable bonds is 5. The number of nitro groups is 1. The minimum atomic E-state index is -0.686. The lowest BCUT2D eigenvalue weighted by molar-refractivity contribution is -0.384. The van der Waals surface area contributed by atoms with Crippen molar-refractivity contribution in [2.75, 3.05) is 0 Å². The molecule has 1 amide bonds. The maximum Gasteiger partial charge on any atom is 0.288 e. The van der Waals surface area contributed by atoms with Crippen molar-refractivity contribution in [3.8, 4) is 5.75 Å². The van der Waals surface area contributed by atoms with E-state index in [1.54, 1.807) is 12.1 Å². The lowest BCUT2D eigenvalue weighted by Gasteiger charge is -2.22. The van der Waals surface area contributed by atoms with E-state index >= 15 is 0 Å². The topological polar surface area (TPSA) is 92.5 Å². The summed E-state index contributed by atoms with van der Waals surface area (Å²) in [5.41, 5.74) is 1.04. The minimum absolute atomic E-state index is 0.0370. The second-order valence-electron chi connectivity index (χ2n) is 6.96. The summed E-state index contributed by atoms with van der Waals surface area (Å²) in [7, 11) is 0. The second kappa shape index (κ2) is 8.45. The van der Waals surface area contributed by atoms with Crippen molar-refractivity contribution < 1.29 is 14.8 Å². The summed E-state index contributed by atoms with van der Waals surface area (Å²) in [6, 6.07) is 23.4. The molecule has 0 aromatic heterocycles. The number of fused-ring (bicyclic) bond motifs is 1. The predicted molar refractivity (Wildman–Crippen MR) is 119 cm³/mol. The molecule has 0 fully saturated rings. The smallest absolute Gasteiger partial charge is 0.288 e. The van der Waals surface area contributed by atoms with E-state index in [1.165, 1.54) is 12.1 Å². The molecule has 4 aromatic carbocycles. The van der Waals surface area contributed by atoms with E-state index in [-0.39, 0.29) is 22.0 Å². The van der Waals surface area contributed by atoms with E-state index in [2.05, 4.69) is 5.32 Å². The average Bonchev–Trinajstić information content (AvgIpc) is 2.78. The third-order valence-corrected chi connectivity index (χ3v) is 5.37. The van der Waals surface area contributed by atoms with Crippen molar-refractivity contribution >= 4 is 34.0 Å². The number of benzene rings is 4. The first-order valence-electron chi connectivity index (χ1n) is 9.46. The first-order chi connectivity index (χ1) is 15.0. The largest absolute Gasteiger partial charge is 0.508 e. The summed E-state index contributed by atoms with van der Waals surface area (Å²) < 4.78 is 0. The van der Waals surface area contributed by atoms with Gasteiger partial charge in [-0.1, -0.05) is 72.3 Å². The van der Waals surface area contributed by atoms with Gasteiger partial charge in [-0.05, 0) is 34.5 Å². The van der Waals surface area contributed by atoms with Crippen LogP contribution in [0.3, 0.4) is 0 Å². The molecule has 6 nitrogen and oxygen atoms in total. The van der Waals surface area contributed by atoms with Crippen molar-refractivity contribution in [2.24, 2.45) is 0 Å². The normalized spacial score (nSPS) is 11.8. The molecule has 31 heavy (non-hydrogen) atoms. The molecular weight excluding hydrogens is 416 g/mol. The maximum absolute atomic E-state index is 13.1. The molecule has 4 aromatic rings. The highest BCUT2D eigenvalue weighted by molar-refractivity contribution is 6.32. The highest BCUT2D eigenvalue weighted by atomic mass is 35.5. The first-order valence-corrected chi connectivity index (χ1v) is 9.84. The van der Waals surface area contributed by atoms with Gasteiger partial charge in [-0.25, -0.2) is 0 Å². The van der Waals surface area contributed by atoms with Gasteiger partial charge in [0.05, 0.1) is 11.0 Å². The van der Waals surface area contributed by atoms with E-state index in [0.717, 1.165) is 22.4 Å². The van der Waals surface area contributed by atoms with Crippen LogP contribution in [0, 0.1) is 10.1 Å². The second-order valence-corrected chi connectivity index (χ2v) is 7.37. The minimum Gasteiger partial charge on any atom is -0.508 e. The zero-order valence-corrected chi connectivity index (χ0v) is 16.9. The molecule has 0 saturated heterocycles. The molecule has 0 saturated carbocycles. The molecule has 154 valence electrons. The van der Waals surface area contributed by atoms with Gasteiger partial charge in [0, 0.05) is 17.2 Å². The van der Waals surface area contributed by atoms with E-state index < -0.39 is 16.9 Å². The van der Waals surface area contributed by atoms with Crippen molar-refractivity contribution in [1.29, 1.82) is 0 Å². The number of phenols is 1. The third-order valence-electron chi connectivity index (χ3n) is 5.05. The number of carbonyl (C=O) groups excluding carboxylic acids is 1. The zero-order chi connectivity index (χ0) is 22.0. The van der Waals surface area contributed by atoms with Crippen LogP contribution in [0.5, 0.6) is 5.75 Å². The zero-order valence-electron chi connectivity index (χ0n) is 16.2. The number of nitrogens with zero attached hydrogens (tertiary/aromatic N) is 1. The van der Waals surface area contributed by atoms with Crippen molar-refractivity contribution in [1.82, 2.24) is 5.32 Å². The molecule has 0 aliphatic heterocycles. The maximum atomic E-state index is 13.1. The van der Waals surface area contributed by atoms with E-state index in [4.69, 9.17) is 11.6 Å². The van der Waals surface area contributed by atoms with Crippen LogP contribution in [0.2, 0.25) is 5.02 Å². The number of phenolic OH excluding ortho intramolecular Hbond substituents is 1. The van der Waals surface area contributed by atoms with Crippen LogP contribution in [0.1, 0.15) is 27.5 Å². The first kappa shape index (κ1) is 20.4. The Morgan fingerprint density at radius 2 is 1.68 bits per heavy atom. The summed E-state index contributed by atoms with van der Waals surface area (Å²) in [4.78, 5) is 23.7. The summed E-state index contributed by atoms with van der Waals surface area (Å²) in [6.07, 6.45) is 0. The molecule has 7 heteroatoms. The van der Waals surface area contributed by atoms with Gasteiger partial charge < -0.3 is 10.4 Å². The van der Waals surface area contributed by atoms with Crippen molar-refractivity contribution in [2.45, 2.75) is 6.04 Å². The highest BCUT2D eigenvalue weighted by Gasteiger charge is 2.24. The van der Waals surface area contributed by atoms with E-state index in [0.29, 0.717) is 5.56 Å². The lowest BCUT2D eigenvalue weighted by atomic mass is 9.92. The summed E-state index contributed by atoms with van der Waals surface area (Å²) >= 11 is 5.87. The molecule has 0 aliphatic rings. The van der Waals surface area contributed by atoms with Crippen LogP contribution in [-0.4, -0.2) is 15.9 Å². The molecule has 2 N–H and O–H groups in total. The Bertz CT molecular complexity index is 1290. The number of amides is 1. The molecule has 0 heterocycles. The number of halogens is 1. The summed E-state index contributed by atoms with van der Waals surface area (Å²) in [6.45, 7) is 0. The van der Waals surface area contributed by atoms with Crippen molar-refractivity contribution in [3.05, 3.63) is 117 Å². The number of aromatic hydroxyl groups is 1.